The summed E-state index contributed by atoms with van der Waals surface area (Å²) in [5.74, 6) is 0.128. The summed E-state index contributed by atoms with van der Waals surface area (Å²) in [6, 6.07) is 13.4. The number of benzene rings is 2. The molecule has 0 N–H and O–H groups in total. The van der Waals surface area contributed by atoms with Gasteiger partial charge in [-0.05, 0) is 55.5 Å². The van der Waals surface area contributed by atoms with E-state index in [-0.39, 0.29) is 29.3 Å². The molecule has 0 radical (unpaired) electrons. The van der Waals surface area contributed by atoms with Crippen molar-refractivity contribution < 1.29 is 18.7 Å². The molecule has 0 unspecified atom stereocenters. The van der Waals surface area contributed by atoms with Crippen molar-refractivity contribution in [2.45, 2.75) is 25.3 Å². The van der Waals surface area contributed by atoms with E-state index in [4.69, 9.17) is 4.74 Å². The van der Waals surface area contributed by atoms with Crippen LogP contribution in [-0.2, 0) is 0 Å². The Labute approximate surface area is 170 Å². The number of halogens is 1. The molecule has 152 valence electrons. The predicted octanol–water partition coefficient (Wildman–Crippen LogP) is 3.60. The number of carbonyl (C=O) groups excluding carboxylic acids is 2. The summed E-state index contributed by atoms with van der Waals surface area (Å²) in [4.78, 5) is 29.6. The summed E-state index contributed by atoms with van der Waals surface area (Å²) < 4.78 is 19.4. The molecule has 0 saturated carbocycles. The summed E-state index contributed by atoms with van der Waals surface area (Å²) in [6.07, 6.45) is 2.54. The highest BCUT2D eigenvalue weighted by atomic mass is 19.1. The molecule has 2 aromatic carbocycles. The Kier molecular flexibility index (Phi) is 5.51. The number of likely N-dealkylation sites (tertiary alicyclic amines) is 2. The highest BCUT2D eigenvalue weighted by molar-refractivity contribution is 5.95. The van der Waals surface area contributed by atoms with E-state index in [9.17, 15) is 14.0 Å². The van der Waals surface area contributed by atoms with Crippen LogP contribution in [-0.4, -0.2) is 54.4 Å². The molecule has 5 nitrogen and oxygen atoms in total. The molecular formula is C23H25FN2O3. The lowest BCUT2D eigenvalue weighted by Crippen LogP contribution is -2.56. The van der Waals surface area contributed by atoms with Gasteiger partial charge in [-0.25, -0.2) is 4.39 Å². The van der Waals surface area contributed by atoms with Crippen LogP contribution in [0.15, 0.2) is 48.5 Å². The minimum absolute atomic E-state index is 0.0140. The summed E-state index contributed by atoms with van der Waals surface area (Å²) >= 11 is 0. The molecule has 2 amide bonds. The lowest BCUT2D eigenvalue weighted by atomic mass is 9.83. The molecule has 0 aromatic heterocycles. The maximum absolute atomic E-state index is 14.1. The molecule has 29 heavy (non-hydrogen) atoms. The number of nitrogens with zero attached hydrogens (tertiary/aromatic N) is 2. The van der Waals surface area contributed by atoms with E-state index in [0.717, 1.165) is 12.8 Å². The van der Waals surface area contributed by atoms with Crippen molar-refractivity contribution >= 4 is 11.8 Å². The third kappa shape index (κ3) is 3.84. The fourth-order valence-electron chi connectivity index (χ4n) is 4.57. The molecule has 2 aliphatic heterocycles. The third-order valence-electron chi connectivity index (χ3n) is 6.04. The van der Waals surface area contributed by atoms with Crippen LogP contribution >= 0.6 is 0 Å². The number of amides is 2. The van der Waals surface area contributed by atoms with E-state index in [1.807, 2.05) is 21.9 Å². The second-order valence-electron chi connectivity index (χ2n) is 7.72. The van der Waals surface area contributed by atoms with Crippen molar-refractivity contribution in [1.29, 1.82) is 0 Å². The highest BCUT2D eigenvalue weighted by Gasteiger charge is 2.40. The lowest BCUT2D eigenvalue weighted by Gasteiger charge is -2.47. The van der Waals surface area contributed by atoms with Crippen molar-refractivity contribution in [3.05, 3.63) is 65.5 Å². The molecule has 6 heteroatoms. The molecule has 2 heterocycles. The Bertz CT molecular complexity index is 917. The van der Waals surface area contributed by atoms with Crippen LogP contribution in [0, 0.1) is 11.7 Å². The minimum atomic E-state index is -0.481. The molecule has 2 atom stereocenters. The smallest absolute Gasteiger partial charge is 0.257 e. The van der Waals surface area contributed by atoms with Crippen LogP contribution < -0.4 is 4.74 Å². The number of methoxy groups -OCH3 is 1. The first-order valence-electron chi connectivity index (χ1n) is 10.1. The second-order valence-corrected chi connectivity index (χ2v) is 7.72. The Hall–Kier alpha value is -2.89. The normalized spacial score (nSPS) is 21.4. The zero-order valence-electron chi connectivity index (χ0n) is 16.5. The van der Waals surface area contributed by atoms with E-state index in [1.165, 1.54) is 6.07 Å². The zero-order chi connectivity index (χ0) is 20.4. The molecule has 0 bridgehead atoms. The Morgan fingerprint density at radius 2 is 1.86 bits per heavy atom. The first-order valence-corrected chi connectivity index (χ1v) is 10.1. The van der Waals surface area contributed by atoms with Gasteiger partial charge in [-0.3, -0.25) is 9.59 Å². The number of fused-ring (bicyclic) bond motifs is 1. The van der Waals surface area contributed by atoms with Crippen LogP contribution in [0.5, 0.6) is 5.75 Å². The number of carbonyl (C=O) groups is 2. The maximum Gasteiger partial charge on any atom is 0.257 e. The quantitative estimate of drug-likeness (QED) is 0.797. The third-order valence-corrected chi connectivity index (χ3v) is 6.04. The van der Waals surface area contributed by atoms with Gasteiger partial charge in [0, 0.05) is 31.2 Å². The van der Waals surface area contributed by atoms with Crippen molar-refractivity contribution in [2.24, 2.45) is 5.92 Å². The fourth-order valence-corrected chi connectivity index (χ4v) is 4.57. The maximum atomic E-state index is 14.1. The van der Waals surface area contributed by atoms with Gasteiger partial charge in [0.15, 0.2) is 0 Å². The Balaban J connectivity index is 1.48. The Morgan fingerprint density at radius 1 is 1.03 bits per heavy atom. The van der Waals surface area contributed by atoms with E-state index >= 15 is 0 Å². The van der Waals surface area contributed by atoms with Crippen LogP contribution in [0.1, 0.15) is 40.0 Å². The Morgan fingerprint density at radius 3 is 2.66 bits per heavy atom. The number of hydrogen-bond acceptors (Lipinski definition) is 3. The standard InChI is InChI=1S/C23H25FN2O3/c1-29-18-8-4-6-16(14-18)22(27)25-13-11-21-17(15-25)7-5-12-26(21)23(28)19-9-2-3-10-20(19)24/h2-4,6,8-10,14,17,21H,5,7,11-13,15H2,1H3/t17-,21-/m1/s1. The first kappa shape index (κ1) is 19.4. The summed E-state index contributed by atoms with van der Waals surface area (Å²) in [7, 11) is 1.58. The molecule has 2 aliphatic rings. The lowest BCUT2D eigenvalue weighted by molar-refractivity contribution is 0.0195. The SMILES string of the molecule is COc1cccc(C(=O)N2CC[C@@H]3[C@H](CCCN3C(=O)c3ccccc3F)C2)c1. The van der Waals surface area contributed by atoms with E-state index in [0.29, 0.717) is 37.4 Å². The number of piperidine rings is 2. The van der Waals surface area contributed by atoms with Gasteiger partial charge < -0.3 is 14.5 Å². The highest BCUT2D eigenvalue weighted by Crippen LogP contribution is 2.32. The van der Waals surface area contributed by atoms with Gasteiger partial charge in [0.25, 0.3) is 11.8 Å². The fraction of sp³-hybridized carbons (Fsp3) is 0.391. The molecule has 4 rings (SSSR count). The molecule has 0 spiro atoms. The topological polar surface area (TPSA) is 49.9 Å². The van der Waals surface area contributed by atoms with Gasteiger partial charge >= 0.3 is 0 Å². The summed E-state index contributed by atoms with van der Waals surface area (Å²) in [5, 5.41) is 0. The van der Waals surface area contributed by atoms with Crippen LogP contribution in [0.25, 0.3) is 0 Å². The monoisotopic (exact) mass is 396 g/mol. The van der Waals surface area contributed by atoms with Gasteiger partial charge in [0.05, 0.1) is 12.7 Å². The number of rotatable bonds is 3. The van der Waals surface area contributed by atoms with Crippen LogP contribution in [0.3, 0.4) is 0 Å². The van der Waals surface area contributed by atoms with E-state index < -0.39 is 5.82 Å². The molecule has 2 fully saturated rings. The van der Waals surface area contributed by atoms with E-state index in [1.54, 1.807) is 37.4 Å². The van der Waals surface area contributed by atoms with Gasteiger partial charge in [0.2, 0.25) is 0 Å². The van der Waals surface area contributed by atoms with Crippen molar-refractivity contribution in [2.75, 3.05) is 26.7 Å². The van der Waals surface area contributed by atoms with Gasteiger partial charge in [-0.1, -0.05) is 18.2 Å². The molecule has 0 aliphatic carbocycles. The molecular weight excluding hydrogens is 371 g/mol. The van der Waals surface area contributed by atoms with Crippen molar-refractivity contribution in [3.8, 4) is 5.75 Å². The number of hydrogen-bond donors (Lipinski definition) is 0. The number of ether oxygens (including phenoxy) is 1. The van der Waals surface area contributed by atoms with Crippen molar-refractivity contribution in [3.63, 3.8) is 0 Å². The summed E-state index contributed by atoms with van der Waals surface area (Å²) in [5.41, 5.74) is 0.737. The zero-order valence-corrected chi connectivity index (χ0v) is 16.5. The van der Waals surface area contributed by atoms with Crippen LogP contribution in [0.4, 0.5) is 4.39 Å². The van der Waals surface area contributed by atoms with Gasteiger partial charge in [-0.2, -0.15) is 0 Å². The largest absolute Gasteiger partial charge is 0.497 e. The van der Waals surface area contributed by atoms with E-state index in [2.05, 4.69) is 0 Å². The predicted molar refractivity (Wildman–Crippen MR) is 107 cm³/mol. The van der Waals surface area contributed by atoms with Crippen molar-refractivity contribution in [1.82, 2.24) is 9.80 Å². The second kappa shape index (κ2) is 8.23. The molecule has 2 aromatic rings. The minimum Gasteiger partial charge on any atom is -0.497 e. The average molecular weight is 396 g/mol. The van der Waals surface area contributed by atoms with Gasteiger partial charge in [0.1, 0.15) is 11.6 Å². The molecule has 2 saturated heterocycles. The summed E-state index contributed by atoms with van der Waals surface area (Å²) in [6.45, 7) is 1.83. The average Bonchev–Trinajstić information content (AvgIpc) is 2.77. The van der Waals surface area contributed by atoms with Crippen LogP contribution in [0.2, 0.25) is 0 Å². The first-order chi connectivity index (χ1) is 14.1. The van der Waals surface area contributed by atoms with Gasteiger partial charge in [-0.15, -0.1) is 0 Å².